The molecule has 0 bridgehead atoms. The first kappa shape index (κ1) is 22.3. The summed E-state index contributed by atoms with van der Waals surface area (Å²) < 4.78 is 13.5. The lowest BCUT2D eigenvalue weighted by atomic mass is 10.2. The first-order valence-corrected chi connectivity index (χ1v) is 11.8. The van der Waals surface area contributed by atoms with Gasteiger partial charge in [0.15, 0.2) is 5.70 Å². The van der Waals surface area contributed by atoms with Gasteiger partial charge in [0.1, 0.15) is 12.4 Å². The second-order valence-corrected chi connectivity index (χ2v) is 9.48. The minimum absolute atomic E-state index is 0.217. The summed E-state index contributed by atoms with van der Waals surface area (Å²) in [6.45, 7) is 0.323. The number of benzene rings is 3. The molecule has 0 unspecified atom stereocenters. The number of nitrogens with zero attached hydrogens (tertiary/aromatic N) is 1. The topological polar surface area (TPSA) is 47.9 Å². The van der Waals surface area contributed by atoms with Gasteiger partial charge in [0, 0.05) is 15.1 Å². The van der Waals surface area contributed by atoms with Gasteiger partial charge in [0.2, 0.25) is 5.90 Å². The molecule has 31 heavy (non-hydrogen) atoms. The van der Waals surface area contributed by atoms with Crippen molar-refractivity contribution in [3.8, 4) is 5.75 Å². The Balaban J connectivity index is 1.58. The van der Waals surface area contributed by atoms with Crippen LogP contribution in [0.3, 0.4) is 0 Å². The maximum atomic E-state index is 12.3. The molecule has 4 rings (SSSR count). The van der Waals surface area contributed by atoms with E-state index in [0.29, 0.717) is 22.9 Å². The molecule has 3 aromatic carbocycles. The normalized spacial score (nSPS) is 14.5. The van der Waals surface area contributed by atoms with Crippen molar-refractivity contribution in [2.75, 3.05) is 0 Å². The Morgan fingerprint density at radius 3 is 2.35 bits per heavy atom. The molecular weight excluding hydrogens is 613 g/mol. The van der Waals surface area contributed by atoms with E-state index in [-0.39, 0.29) is 11.6 Å². The van der Waals surface area contributed by atoms with Crippen LogP contribution in [0.25, 0.3) is 6.08 Å². The van der Waals surface area contributed by atoms with E-state index in [0.717, 1.165) is 24.5 Å². The molecule has 0 spiro atoms. The van der Waals surface area contributed by atoms with Gasteiger partial charge in [-0.05, 0) is 89.8 Å². The zero-order chi connectivity index (χ0) is 22.0. The number of hydrogen-bond donors (Lipinski definition) is 0. The molecule has 3 aromatic rings. The molecule has 8 heteroatoms. The highest BCUT2D eigenvalue weighted by atomic mass is 79.9. The Labute approximate surface area is 209 Å². The highest BCUT2D eigenvalue weighted by Gasteiger charge is 2.25. The van der Waals surface area contributed by atoms with Crippen molar-refractivity contribution in [2.24, 2.45) is 4.99 Å². The number of carbonyl (C=O) groups is 1. The molecule has 1 aliphatic rings. The molecule has 1 heterocycles. The summed E-state index contributed by atoms with van der Waals surface area (Å²) in [6.07, 6.45) is 1.67. The molecule has 0 N–H and O–H groups in total. The predicted octanol–water partition coefficient (Wildman–Crippen LogP) is 7.55. The van der Waals surface area contributed by atoms with E-state index < -0.39 is 5.97 Å². The molecule has 0 fully saturated rings. The van der Waals surface area contributed by atoms with Crippen molar-refractivity contribution in [1.29, 1.82) is 0 Å². The number of esters is 1. The quantitative estimate of drug-likeness (QED) is 0.217. The lowest BCUT2D eigenvalue weighted by Crippen LogP contribution is -2.05. The Morgan fingerprint density at radius 2 is 1.65 bits per heavy atom. The van der Waals surface area contributed by atoms with Gasteiger partial charge >= 0.3 is 5.97 Å². The Hall–Kier alpha value is -1.93. The van der Waals surface area contributed by atoms with Gasteiger partial charge < -0.3 is 9.47 Å². The summed E-state index contributed by atoms with van der Waals surface area (Å²) in [5.41, 5.74) is 2.57. The van der Waals surface area contributed by atoms with Crippen LogP contribution in [0.4, 0.5) is 0 Å². The monoisotopic (exact) mass is 623 g/mol. The number of cyclic esters (lactones) is 1. The lowest BCUT2D eigenvalue weighted by molar-refractivity contribution is -0.129. The summed E-state index contributed by atoms with van der Waals surface area (Å²) >= 11 is 16.7. The van der Waals surface area contributed by atoms with Gasteiger partial charge in [0.05, 0.1) is 14.5 Å². The number of carbonyl (C=O) groups excluding carboxylic acids is 1. The molecule has 0 amide bonds. The van der Waals surface area contributed by atoms with E-state index in [9.17, 15) is 4.79 Å². The van der Waals surface area contributed by atoms with Crippen LogP contribution in [0.15, 0.2) is 84.8 Å². The van der Waals surface area contributed by atoms with E-state index in [1.807, 2.05) is 60.7 Å². The molecule has 0 saturated heterocycles. The minimum atomic E-state index is -0.503. The molecule has 0 atom stereocenters. The van der Waals surface area contributed by atoms with Crippen LogP contribution in [-0.4, -0.2) is 11.9 Å². The molecule has 0 saturated carbocycles. The van der Waals surface area contributed by atoms with Crippen molar-refractivity contribution >= 4 is 77.3 Å². The van der Waals surface area contributed by atoms with Gasteiger partial charge in [-0.15, -0.1) is 0 Å². The summed E-state index contributed by atoms with van der Waals surface area (Å²) in [6, 6.07) is 18.6. The van der Waals surface area contributed by atoms with Crippen LogP contribution >= 0.6 is 59.4 Å². The fourth-order valence-electron chi connectivity index (χ4n) is 2.88. The highest BCUT2D eigenvalue weighted by Crippen LogP contribution is 2.36. The number of halogens is 4. The van der Waals surface area contributed by atoms with Crippen molar-refractivity contribution in [2.45, 2.75) is 6.61 Å². The molecule has 156 valence electrons. The van der Waals surface area contributed by atoms with E-state index in [4.69, 9.17) is 21.1 Å². The summed E-state index contributed by atoms with van der Waals surface area (Å²) in [5.74, 6) is 0.395. The Bertz CT molecular complexity index is 1220. The van der Waals surface area contributed by atoms with Gasteiger partial charge in [-0.25, -0.2) is 9.79 Å². The smallest absolute Gasteiger partial charge is 0.363 e. The standard InChI is InChI=1S/C23H13Br3ClNO3/c24-16-7-3-2-6-15(16)22-28-20(23(29)31-22)11-13-9-17(25)21(18(26)10-13)30-12-14-5-1-4-8-19(14)27/h1-11H,12H2/b20-11-. The second kappa shape index (κ2) is 9.69. The summed E-state index contributed by atoms with van der Waals surface area (Å²) in [7, 11) is 0. The third kappa shape index (κ3) is 5.12. The van der Waals surface area contributed by atoms with Crippen LogP contribution in [0, 0.1) is 0 Å². The average Bonchev–Trinajstić information content (AvgIpc) is 3.09. The molecule has 1 aliphatic heterocycles. The van der Waals surface area contributed by atoms with Crippen LogP contribution < -0.4 is 4.74 Å². The maximum absolute atomic E-state index is 12.3. The number of ether oxygens (including phenoxy) is 2. The summed E-state index contributed by atoms with van der Waals surface area (Å²) in [4.78, 5) is 16.7. The number of aliphatic imine (C=N–C) groups is 1. The number of rotatable bonds is 5. The van der Waals surface area contributed by atoms with Gasteiger partial charge in [0.25, 0.3) is 0 Å². The minimum Gasteiger partial charge on any atom is -0.486 e. The van der Waals surface area contributed by atoms with Crippen molar-refractivity contribution in [3.63, 3.8) is 0 Å². The maximum Gasteiger partial charge on any atom is 0.363 e. The third-order valence-corrected chi connectivity index (χ3v) is 6.62. The zero-order valence-electron chi connectivity index (χ0n) is 15.7. The summed E-state index contributed by atoms with van der Waals surface area (Å²) in [5, 5.41) is 0.648. The molecule has 4 nitrogen and oxygen atoms in total. The first-order chi connectivity index (χ1) is 14.9. The molecule has 0 aromatic heterocycles. The first-order valence-electron chi connectivity index (χ1n) is 9.05. The predicted molar refractivity (Wildman–Crippen MR) is 132 cm³/mol. The van der Waals surface area contributed by atoms with Crippen molar-refractivity contribution in [3.05, 3.63) is 101 Å². The molecule has 0 radical (unpaired) electrons. The van der Waals surface area contributed by atoms with E-state index >= 15 is 0 Å². The lowest BCUT2D eigenvalue weighted by Gasteiger charge is -2.12. The van der Waals surface area contributed by atoms with Crippen molar-refractivity contribution in [1.82, 2.24) is 0 Å². The SMILES string of the molecule is O=C1OC(c2ccccc2Br)=N/C1=C\c1cc(Br)c(OCc2ccccc2Cl)c(Br)c1. The Kier molecular flexibility index (Phi) is 6.96. The van der Waals surface area contributed by atoms with Crippen LogP contribution in [0.2, 0.25) is 5.02 Å². The molecular formula is C23H13Br3ClNO3. The zero-order valence-corrected chi connectivity index (χ0v) is 21.3. The van der Waals surface area contributed by atoms with Crippen LogP contribution in [0.5, 0.6) is 5.75 Å². The van der Waals surface area contributed by atoms with E-state index in [1.54, 1.807) is 6.08 Å². The fourth-order valence-corrected chi connectivity index (χ4v) is 4.98. The fraction of sp³-hybridized carbons (Fsp3) is 0.0435. The van der Waals surface area contributed by atoms with Crippen LogP contribution in [-0.2, 0) is 16.1 Å². The van der Waals surface area contributed by atoms with Gasteiger partial charge in [-0.1, -0.05) is 41.9 Å². The third-order valence-electron chi connectivity index (χ3n) is 4.38. The van der Waals surface area contributed by atoms with E-state index in [1.165, 1.54) is 0 Å². The molecule has 0 aliphatic carbocycles. The number of hydrogen-bond acceptors (Lipinski definition) is 4. The highest BCUT2D eigenvalue weighted by molar-refractivity contribution is 9.11. The van der Waals surface area contributed by atoms with Crippen LogP contribution in [0.1, 0.15) is 16.7 Å². The van der Waals surface area contributed by atoms with E-state index in [2.05, 4.69) is 52.8 Å². The van der Waals surface area contributed by atoms with Gasteiger partial charge in [-0.3, -0.25) is 0 Å². The average molecular weight is 627 g/mol. The second-order valence-electron chi connectivity index (χ2n) is 6.51. The van der Waals surface area contributed by atoms with Gasteiger partial charge in [-0.2, -0.15) is 0 Å². The van der Waals surface area contributed by atoms with Crippen molar-refractivity contribution < 1.29 is 14.3 Å². The Morgan fingerprint density at radius 1 is 0.968 bits per heavy atom. The largest absolute Gasteiger partial charge is 0.486 e.